The van der Waals surface area contributed by atoms with Crippen molar-refractivity contribution in [3.8, 4) is 0 Å². The fourth-order valence-corrected chi connectivity index (χ4v) is 3.53. The molecule has 0 spiro atoms. The molecule has 1 aliphatic carbocycles. The van der Waals surface area contributed by atoms with Crippen LogP contribution >= 0.6 is 11.8 Å². The van der Waals surface area contributed by atoms with E-state index in [1.54, 1.807) is 4.90 Å². The molecule has 0 radical (unpaired) electrons. The van der Waals surface area contributed by atoms with Gasteiger partial charge in [0.25, 0.3) is 0 Å². The van der Waals surface area contributed by atoms with Gasteiger partial charge in [0.05, 0.1) is 11.4 Å². The predicted octanol–water partition coefficient (Wildman–Crippen LogP) is 0.979. The van der Waals surface area contributed by atoms with Gasteiger partial charge in [0, 0.05) is 17.5 Å². The van der Waals surface area contributed by atoms with Crippen LogP contribution in [0.3, 0.4) is 0 Å². The molecule has 1 aromatic rings. The largest absolute Gasteiger partial charge is 0.350 e. The summed E-state index contributed by atoms with van der Waals surface area (Å²) in [6.45, 7) is 0.524. The molecular formula is C15H19N3O2S. The lowest BCUT2D eigenvalue weighted by Gasteiger charge is -2.29. The summed E-state index contributed by atoms with van der Waals surface area (Å²) in [4.78, 5) is 26.9. The number of fused-ring (bicyclic) bond motifs is 1. The molecule has 21 heavy (non-hydrogen) atoms. The number of hydrogen-bond donors (Lipinski definition) is 2. The minimum absolute atomic E-state index is 0.0235. The van der Waals surface area contributed by atoms with Crippen LogP contribution in [0.15, 0.2) is 29.2 Å². The van der Waals surface area contributed by atoms with E-state index in [1.807, 2.05) is 24.3 Å². The minimum Gasteiger partial charge on any atom is -0.350 e. The summed E-state index contributed by atoms with van der Waals surface area (Å²) < 4.78 is 0. The van der Waals surface area contributed by atoms with Crippen molar-refractivity contribution in [2.45, 2.75) is 23.8 Å². The highest BCUT2D eigenvalue weighted by atomic mass is 32.2. The van der Waals surface area contributed by atoms with Crippen molar-refractivity contribution < 1.29 is 9.59 Å². The van der Waals surface area contributed by atoms with E-state index in [0.29, 0.717) is 18.2 Å². The topological polar surface area (TPSA) is 75.4 Å². The number of carbonyl (C=O) groups excluding carboxylic acids is 2. The lowest BCUT2D eigenvalue weighted by atomic mass is 10.2. The normalized spacial score (nSPS) is 19.1. The van der Waals surface area contributed by atoms with Gasteiger partial charge in [0.1, 0.15) is 6.54 Å². The van der Waals surface area contributed by atoms with Gasteiger partial charge in [-0.25, -0.2) is 0 Å². The number of para-hydroxylation sites is 1. The number of benzene rings is 1. The van der Waals surface area contributed by atoms with E-state index in [4.69, 9.17) is 5.73 Å². The van der Waals surface area contributed by atoms with E-state index in [2.05, 4.69) is 5.32 Å². The third-order valence-corrected chi connectivity index (χ3v) is 4.95. The fourth-order valence-electron chi connectivity index (χ4n) is 2.59. The Labute approximate surface area is 128 Å². The molecule has 1 unspecified atom stereocenters. The van der Waals surface area contributed by atoms with Gasteiger partial charge in [-0.3, -0.25) is 9.59 Å². The SMILES string of the molecule is NCC(NC(=O)CN1C(=O)CSc2ccccc21)C1CC1. The number of hydrogen-bond acceptors (Lipinski definition) is 4. The van der Waals surface area contributed by atoms with Crippen molar-refractivity contribution in [1.82, 2.24) is 5.32 Å². The van der Waals surface area contributed by atoms with E-state index < -0.39 is 0 Å². The number of nitrogens with two attached hydrogens (primary N) is 1. The molecule has 0 saturated heterocycles. The Balaban J connectivity index is 1.68. The summed E-state index contributed by atoms with van der Waals surface area (Å²) >= 11 is 1.52. The number of carbonyl (C=O) groups is 2. The first-order chi connectivity index (χ1) is 10.2. The standard InChI is InChI=1S/C15H19N3O2S/c16-7-11(10-5-6-10)17-14(19)8-18-12-3-1-2-4-13(12)21-9-15(18)20/h1-4,10-11H,5-9,16H2,(H,17,19). The van der Waals surface area contributed by atoms with E-state index in [9.17, 15) is 9.59 Å². The van der Waals surface area contributed by atoms with E-state index in [1.165, 1.54) is 11.8 Å². The average Bonchev–Trinajstić information content (AvgIpc) is 3.32. The molecule has 0 aromatic heterocycles. The Kier molecular flexibility index (Phi) is 4.17. The van der Waals surface area contributed by atoms with Crippen LogP contribution in [-0.2, 0) is 9.59 Å². The van der Waals surface area contributed by atoms with Crippen LogP contribution in [0.25, 0.3) is 0 Å². The Bertz CT molecular complexity index is 560. The van der Waals surface area contributed by atoms with Gasteiger partial charge in [-0.15, -0.1) is 11.8 Å². The van der Waals surface area contributed by atoms with E-state index >= 15 is 0 Å². The van der Waals surface area contributed by atoms with Gasteiger partial charge in [-0.1, -0.05) is 12.1 Å². The van der Waals surface area contributed by atoms with Gasteiger partial charge in [-0.2, -0.15) is 0 Å². The quantitative estimate of drug-likeness (QED) is 0.850. The maximum atomic E-state index is 12.2. The molecule has 5 nitrogen and oxygen atoms in total. The second kappa shape index (κ2) is 6.07. The second-order valence-electron chi connectivity index (χ2n) is 5.48. The molecule has 6 heteroatoms. The third-order valence-electron chi connectivity index (χ3n) is 3.90. The minimum atomic E-state index is -0.132. The van der Waals surface area contributed by atoms with E-state index in [-0.39, 0.29) is 24.4 Å². The number of rotatable bonds is 5. The molecule has 2 amide bonds. The highest BCUT2D eigenvalue weighted by Gasteiger charge is 2.32. The van der Waals surface area contributed by atoms with Crippen molar-refractivity contribution in [2.75, 3.05) is 23.7 Å². The Morgan fingerprint density at radius 1 is 1.43 bits per heavy atom. The molecular weight excluding hydrogens is 286 g/mol. The fraction of sp³-hybridized carbons (Fsp3) is 0.467. The Morgan fingerprint density at radius 2 is 2.19 bits per heavy atom. The molecule has 1 atom stereocenters. The smallest absolute Gasteiger partial charge is 0.240 e. The zero-order valence-corrected chi connectivity index (χ0v) is 12.6. The number of nitrogens with one attached hydrogen (secondary N) is 1. The van der Waals surface area contributed by atoms with Crippen LogP contribution < -0.4 is 16.0 Å². The van der Waals surface area contributed by atoms with Gasteiger partial charge >= 0.3 is 0 Å². The molecule has 3 rings (SSSR count). The summed E-state index contributed by atoms with van der Waals surface area (Å²) in [5.41, 5.74) is 6.52. The lowest BCUT2D eigenvalue weighted by Crippen LogP contribution is -2.48. The maximum Gasteiger partial charge on any atom is 0.240 e. The van der Waals surface area contributed by atoms with Crippen molar-refractivity contribution >= 4 is 29.3 Å². The first-order valence-electron chi connectivity index (χ1n) is 7.20. The zero-order valence-electron chi connectivity index (χ0n) is 11.7. The maximum absolute atomic E-state index is 12.2. The molecule has 1 heterocycles. The van der Waals surface area contributed by atoms with Gasteiger partial charge < -0.3 is 16.0 Å². The Morgan fingerprint density at radius 3 is 2.90 bits per heavy atom. The molecule has 1 aliphatic heterocycles. The Hall–Kier alpha value is -1.53. The van der Waals surface area contributed by atoms with Crippen molar-refractivity contribution in [3.05, 3.63) is 24.3 Å². The van der Waals surface area contributed by atoms with Crippen molar-refractivity contribution in [2.24, 2.45) is 11.7 Å². The van der Waals surface area contributed by atoms with Crippen LogP contribution in [0.2, 0.25) is 0 Å². The highest BCUT2D eigenvalue weighted by molar-refractivity contribution is 8.00. The second-order valence-corrected chi connectivity index (χ2v) is 6.50. The van der Waals surface area contributed by atoms with Gasteiger partial charge in [0.15, 0.2) is 0 Å². The summed E-state index contributed by atoms with van der Waals surface area (Å²) in [6.07, 6.45) is 2.26. The summed E-state index contributed by atoms with van der Waals surface area (Å²) in [6, 6.07) is 7.73. The van der Waals surface area contributed by atoms with Crippen LogP contribution in [0, 0.1) is 5.92 Å². The average molecular weight is 305 g/mol. The number of nitrogens with zero attached hydrogens (tertiary/aromatic N) is 1. The number of anilines is 1. The predicted molar refractivity (Wildman–Crippen MR) is 83.2 cm³/mol. The van der Waals surface area contributed by atoms with Crippen molar-refractivity contribution in [3.63, 3.8) is 0 Å². The zero-order chi connectivity index (χ0) is 14.8. The first-order valence-corrected chi connectivity index (χ1v) is 8.19. The molecule has 1 saturated carbocycles. The highest BCUT2D eigenvalue weighted by Crippen LogP contribution is 2.35. The monoisotopic (exact) mass is 305 g/mol. The van der Waals surface area contributed by atoms with Crippen LogP contribution in [0.5, 0.6) is 0 Å². The third kappa shape index (κ3) is 3.22. The summed E-state index contributed by atoms with van der Waals surface area (Å²) in [5.74, 6) is 0.739. The van der Waals surface area contributed by atoms with Gasteiger partial charge in [-0.05, 0) is 30.9 Å². The van der Waals surface area contributed by atoms with Crippen LogP contribution in [-0.4, -0.2) is 36.7 Å². The molecule has 112 valence electrons. The van der Waals surface area contributed by atoms with Crippen LogP contribution in [0.1, 0.15) is 12.8 Å². The summed E-state index contributed by atoms with van der Waals surface area (Å²) in [5, 5.41) is 2.96. The van der Waals surface area contributed by atoms with Crippen LogP contribution in [0.4, 0.5) is 5.69 Å². The first kappa shape index (κ1) is 14.4. The number of amides is 2. The molecule has 1 fully saturated rings. The van der Waals surface area contributed by atoms with E-state index in [0.717, 1.165) is 23.4 Å². The molecule has 3 N–H and O–H groups in total. The summed E-state index contributed by atoms with van der Waals surface area (Å²) in [7, 11) is 0. The number of thioether (sulfide) groups is 1. The molecule has 1 aromatic carbocycles. The molecule has 0 bridgehead atoms. The lowest BCUT2D eigenvalue weighted by molar-refractivity contribution is -0.123. The van der Waals surface area contributed by atoms with Crippen molar-refractivity contribution in [1.29, 1.82) is 0 Å². The van der Waals surface area contributed by atoms with Gasteiger partial charge in [0.2, 0.25) is 11.8 Å². The molecule has 2 aliphatic rings.